The number of rotatable bonds is 18. The van der Waals surface area contributed by atoms with Gasteiger partial charge in [-0.1, -0.05) is 60.2 Å². The normalized spacial score (nSPS) is 14.9. The number of hydrogen-bond acceptors (Lipinski definition) is 8. The summed E-state index contributed by atoms with van der Waals surface area (Å²) in [6.45, 7) is 9.36. The SMILES string of the molecule is Cc1ccc(CNC(=O)[C@H](Cc2ccccc2)NC(=O)[C@H](CCC(=O)NC(C)(C)C)NC(=O)[C@H](CNC(=O)CCl)NC(=O)CN2CCOCC2)cc1. The van der Waals surface area contributed by atoms with E-state index in [9.17, 15) is 28.8 Å². The van der Waals surface area contributed by atoms with Crippen molar-refractivity contribution in [2.75, 3.05) is 45.3 Å². The lowest BCUT2D eigenvalue weighted by molar-refractivity contribution is -0.134. The van der Waals surface area contributed by atoms with E-state index in [0.717, 1.165) is 16.7 Å². The lowest BCUT2D eigenvalue weighted by Gasteiger charge is -2.28. The summed E-state index contributed by atoms with van der Waals surface area (Å²) < 4.78 is 5.33. The highest BCUT2D eigenvalue weighted by molar-refractivity contribution is 6.27. The molecular weight excluding hydrogens is 690 g/mol. The Morgan fingerprint density at radius 1 is 0.750 bits per heavy atom. The van der Waals surface area contributed by atoms with Crippen LogP contribution in [-0.2, 0) is 46.5 Å². The predicted molar refractivity (Wildman–Crippen MR) is 197 cm³/mol. The van der Waals surface area contributed by atoms with E-state index < -0.39 is 53.2 Å². The molecule has 0 saturated carbocycles. The highest BCUT2D eigenvalue weighted by Gasteiger charge is 2.31. The lowest BCUT2D eigenvalue weighted by atomic mass is 10.0. The second kappa shape index (κ2) is 21.1. The van der Waals surface area contributed by atoms with Crippen LogP contribution >= 0.6 is 11.6 Å². The number of nitrogens with zero attached hydrogens (tertiary/aromatic N) is 1. The van der Waals surface area contributed by atoms with Gasteiger partial charge in [-0.25, -0.2) is 0 Å². The van der Waals surface area contributed by atoms with Gasteiger partial charge < -0.3 is 36.6 Å². The van der Waals surface area contributed by atoms with Crippen LogP contribution in [0, 0.1) is 6.92 Å². The first-order valence-electron chi connectivity index (χ1n) is 17.4. The molecule has 1 saturated heterocycles. The summed E-state index contributed by atoms with van der Waals surface area (Å²) in [5.74, 6) is -3.65. The van der Waals surface area contributed by atoms with Gasteiger partial charge >= 0.3 is 0 Å². The molecule has 6 amide bonds. The van der Waals surface area contributed by atoms with Gasteiger partial charge in [-0.2, -0.15) is 0 Å². The smallest absolute Gasteiger partial charge is 0.245 e. The van der Waals surface area contributed by atoms with Crippen LogP contribution < -0.4 is 31.9 Å². The number of benzene rings is 2. The number of halogens is 1. The Morgan fingerprint density at radius 3 is 2.02 bits per heavy atom. The number of carbonyl (C=O) groups excluding carboxylic acids is 6. The van der Waals surface area contributed by atoms with E-state index >= 15 is 0 Å². The molecule has 0 aliphatic carbocycles. The summed E-state index contributed by atoms with van der Waals surface area (Å²) in [4.78, 5) is 81.0. The van der Waals surface area contributed by atoms with E-state index in [0.29, 0.717) is 26.3 Å². The van der Waals surface area contributed by atoms with Gasteiger partial charge in [0.05, 0.1) is 19.8 Å². The van der Waals surface area contributed by atoms with Gasteiger partial charge in [0.15, 0.2) is 0 Å². The third kappa shape index (κ3) is 15.8. The third-order valence-corrected chi connectivity index (χ3v) is 8.30. The van der Waals surface area contributed by atoms with Gasteiger partial charge in [0.1, 0.15) is 24.0 Å². The molecule has 6 N–H and O–H groups in total. The van der Waals surface area contributed by atoms with Crippen LogP contribution in [0.25, 0.3) is 0 Å². The summed E-state index contributed by atoms with van der Waals surface area (Å²) in [7, 11) is 0. The van der Waals surface area contributed by atoms with E-state index in [4.69, 9.17) is 16.3 Å². The maximum atomic E-state index is 14.0. The van der Waals surface area contributed by atoms with Crippen LogP contribution in [0.15, 0.2) is 54.6 Å². The van der Waals surface area contributed by atoms with Crippen LogP contribution in [0.2, 0.25) is 0 Å². The Kier molecular flexibility index (Phi) is 17.0. The van der Waals surface area contributed by atoms with E-state index in [1.165, 1.54) is 0 Å². The molecule has 0 aromatic heterocycles. The molecule has 0 bridgehead atoms. The van der Waals surface area contributed by atoms with Crippen molar-refractivity contribution in [2.24, 2.45) is 0 Å². The molecule has 1 aliphatic heterocycles. The van der Waals surface area contributed by atoms with Crippen molar-refractivity contribution in [1.82, 2.24) is 36.8 Å². The maximum absolute atomic E-state index is 14.0. The first-order valence-corrected chi connectivity index (χ1v) is 18.0. The summed E-state index contributed by atoms with van der Waals surface area (Å²) in [5, 5.41) is 16.3. The topological polar surface area (TPSA) is 187 Å². The molecule has 2 aromatic rings. The van der Waals surface area contributed by atoms with Crippen molar-refractivity contribution in [3.8, 4) is 0 Å². The number of aryl methyl sites for hydroxylation is 1. The summed E-state index contributed by atoms with van der Waals surface area (Å²) >= 11 is 5.65. The standard InChI is InChI=1S/C37H52ClN7O7/c1-25-10-12-27(13-11-25)22-40-34(49)29(20-26-8-6-5-7-9-26)43-35(50)28(14-15-31(46)44-37(2,3)4)42-36(51)30(23-39-32(47)21-38)41-33(48)24-45-16-18-52-19-17-45/h5-13,28-30H,14-24H2,1-4H3,(H,39,47)(H,40,49)(H,41,48)(H,42,51)(H,43,50)(H,44,46)/t28-,29-,30-/m0/s1. The van der Waals surface area contributed by atoms with Crippen LogP contribution in [0.1, 0.15) is 50.3 Å². The minimum atomic E-state index is -1.29. The molecule has 0 unspecified atom stereocenters. The Morgan fingerprint density at radius 2 is 1.38 bits per heavy atom. The first-order chi connectivity index (χ1) is 24.7. The van der Waals surface area contributed by atoms with Gasteiger partial charge in [0.25, 0.3) is 0 Å². The fourth-order valence-corrected chi connectivity index (χ4v) is 5.42. The van der Waals surface area contributed by atoms with E-state index in [-0.39, 0.29) is 50.7 Å². The van der Waals surface area contributed by atoms with Crippen LogP contribution in [0.3, 0.4) is 0 Å². The minimum absolute atomic E-state index is 0.00759. The molecule has 0 radical (unpaired) electrons. The molecule has 3 rings (SSSR count). The molecule has 284 valence electrons. The van der Waals surface area contributed by atoms with Crippen molar-refractivity contribution in [2.45, 2.75) is 77.2 Å². The van der Waals surface area contributed by atoms with Crippen LogP contribution in [-0.4, -0.2) is 109 Å². The molecule has 52 heavy (non-hydrogen) atoms. The van der Waals surface area contributed by atoms with Crippen molar-refractivity contribution >= 4 is 47.0 Å². The van der Waals surface area contributed by atoms with Crippen LogP contribution in [0.5, 0.6) is 0 Å². The van der Waals surface area contributed by atoms with E-state index in [1.807, 2.05) is 87.2 Å². The molecule has 3 atom stereocenters. The van der Waals surface area contributed by atoms with E-state index in [1.54, 1.807) is 0 Å². The number of hydrogen-bond donors (Lipinski definition) is 6. The van der Waals surface area contributed by atoms with Crippen molar-refractivity contribution in [3.63, 3.8) is 0 Å². The largest absolute Gasteiger partial charge is 0.379 e. The zero-order valence-corrected chi connectivity index (χ0v) is 31.1. The van der Waals surface area contributed by atoms with Crippen molar-refractivity contribution < 1.29 is 33.5 Å². The number of amides is 6. The molecule has 2 aromatic carbocycles. The monoisotopic (exact) mass is 741 g/mol. The zero-order chi connectivity index (χ0) is 38.1. The summed E-state index contributed by atoms with van der Waals surface area (Å²) in [5.41, 5.74) is 2.21. The Bertz CT molecular complexity index is 1500. The van der Waals surface area contributed by atoms with Gasteiger partial charge in [0, 0.05) is 44.6 Å². The molecule has 0 spiro atoms. The molecule has 1 aliphatic rings. The Labute approximate surface area is 310 Å². The summed E-state index contributed by atoms with van der Waals surface area (Å²) in [6, 6.07) is 13.2. The number of alkyl halides is 1. The molecular formula is C37H52ClN7O7. The molecule has 15 heteroatoms. The highest BCUT2D eigenvalue weighted by Crippen LogP contribution is 2.09. The van der Waals surface area contributed by atoms with Gasteiger partial charge in [-0.05, 0) is 45.2 Å². The van der Waals surface area contributed by atoms with Crippen molar-refractivity contribution in [3.05, 3.63) is 71.3 Å². The Balaban J connectivity index is 1.82. The van der Waals surface area contributed by atoms with E-state index in [2.05, 4.69) is 31.9 Å². The Hall–Kier alpha value is -4.53. The lowest BCUT2D eigenvalue weighted by Crippen LogP contribution is -2.59. The number of nitrogens with one attached hydrogen (secondary N) is 6. The number of ether oxygens (including phenoxy) is 1. The molecule has 14 nitrogen and oxygen atoms in total. The maximum Gasteiger partial charge on any atom is 0.245 e. The van der Waals surface area contributed by atoms with Gasteiger partial charge in [-0.15, -0.1) is 11.6 Å². The van der Waals surface area contributed by atoms with Crippen LogP contribution in [0.4, 0.5) is 0 Å². The average molecular weight is 742 g/mol. The first kappa shape index (κ1) is 41.9. The predicted octanol–water partition coefficient (Wildman–Crippen LogP) is 0.690. The fourth-order valence-electron chi connectivity index (χ4n) is 5.32. The minimum Gasteiger partial charge on any atom is -0.379 e. The van der Waals surface area contributed by atoms with Gasteiger partial charge in [-0.3, -0.25) is 33.7 Å². The second-order valence-electron chi connectivity index (χ2n) is 13.8. The van der Waals surface area contributed by atoms with Crippen molar-refractivity contribution in [1.29, 1.82) is 0 Å². The highest BCUT2D eigenvalue weighted by atomic mass is 35.5. The average Bonchev–Trinajstić information content (AvgIpc) is 3.10. The molecule has 1 heterocycles. The summed E-state index contributed by atoms with van der Waals surface area (Å²) in [6.07, 6.45) is -0.0944. The number of morpholine rings is 1. The molecule has 1 fully saturated rings. The van der Waals surface area contributed by atoms with Gasteiger partial charge in [0.2, 0.25) is 35.4 Å². The third-order valence-electron chi connectivity index (χ3n) is 8.06. The zero-order valence-electron chi connectivity index (χ0n) is 30.4. The fraction of sp³-hybridized carbons (Fsp3) is 0.514. The quantitative estimate of drug-likeness (QED) is 0.121. The number of carbonyl (C=O) groups is 6. The second-order valence-corrected chi connectivity index (χ2v) is 14.1.